The van der Waals surface area contributed by atoms with Crippen LogP contribution in [0.3, 0.4) is 0 Å². The largest absolute Gasteiger partial charge is 0.281 e. The third-order valence-corrected chi connectivity index (χ3v) is 10.2. The molecule has 4 aromatic rings. The maximum atomic E-state index is 14.4. The first kappa shape index (κ1) is 24.2. The summed E-state index contributed by atoms with van der Waals surface area (Å²) in [5.41, 5.74) is 0.471. The summed E-state index contributed by atoms with van der Waals surface area (Å²) >= 11 is 7.82. The summed E-state index contributed by atoms with van der Waals surface area (Å²) in [5.74, 6) is -2.11. The molecule has 0 N–H and O–H groups in total. The van der Waals surface area contributed by atoms with E-state index < -0.39 is 33.6 Å². The number of thiophene rings is 1. The molecule has 1 amide bonds. The number of aromatic nitrogens is 2. The lowest BCUT2D eigenvalue weighted by Gasteiger charge is -2.28. The Kier molecular flexibility index (Phi) is 6.57. The van der Waals surface area contributed by atoms with Gasteiger partial charge in [-0.15, -0.1) is 11.3 Å². The number of benzene rings is 1. The molecule has 1 atom stereocenters. The quantitative estimate of drug-likeness (QED) is 0.332. The van der Waals surface area contributed by atoms with Crippen LogP contribution in [-0.2, 0) is 21.4 Å². The fourth-order valence-electron chi connectivity index (χ4n) is 3.96. The Balaban J connectivity index is 1.54. The average molecular weight is 555 g/mol. The number of carbonyl (C=O) groups is 1. The number of amides is 1. The van der Waals surface area contributed by atoms with Crippen molar-refractivity contribution in [2.75, 3.05) is 11.4 Å². The number of pyridine rings is 1. The van der Waals surface area contributed by atoms with Gasteiger partial charge in [-0.3, -0.25) is 14.7 Å². The smallest absolute Gasteiger partial charge is 0.253 e. The minimum absolute atomic E-state index is 0.0151. The zero-order valence-electron chi connectivity index (χ0n) is 17.9. The second-order valence-corrected chi connectivity index (χ2v) is 12.7. The Labute approximate surface area is 212 Å². The Morgan fingerprint density at radius 3 is 2.74 bits per heavy atom. The number of anilines is 1. The van der Waals surface area contributed by atoms with Gasteiger partial charge in [-0.25, -0.2) is 22.2 Å². The molecule has 0 aliphatic carbocycles. The van der Waals surface area contributed by atoms with Crippen molar-refractivity contribution >= 4 is 65.6 Å². The molecule has 1 saturated heterocycles. The number of halogens is 3. The highest BCUT2D eigenvalue weighted by atomic mass is 35.5. The molecular formula is C22H17ClF2N4O3S3. The molecule has 0 saturated carbocycles. The maximum Gasteiger partial charge on any atom is 0.253 e. The van der Waals surface area contributed by atoms with Crippen LogP contribution in [0.5, 0.6) is 0 Å². The molecule has 13 heteroatoms. The van der Waals surface area contributed by atoms with Crippen LogP contribution in [0.15, 0.2) is 52.9 Å². The third-order valence-electron chi connectivity index (χ3n) is 5.55. The van der Waals surface area contributed by atoms with Crippen molar-refractivity contribution in [1.82, 2.24) is 14.3 Å². The highest BCUT2D eigenvalue weighted by molar-refractivity contribution is 7.91. The average Bonchev–Trinajstić information content (AvgIpc) is 3.57. The van der Waals surface area contributed by atoms with E-state index in [1.54, 1.807) is 24.4 Å². The number of hydrogen-bond acceptors (Lipinski definition) is 7. The summed E-state index contributed by atoms with van der Waals surface area (Å²) in [6.45, 7) is 0.157. The van der Waals surface area contributed by atoms with E-state index in [1.165, 1.54) is 21.3 Å². The lowest BCUT2D eigenvalue weighted by Crippen LogP contribution is -2.47. The highest BCUT2D eigenvalue weighted by Gasteiger charge is 2.42. The molecule has 7 nitrogen and oxygen atoms in total. The van der Waals surface area contributed by atoms with E-state index in [2.05, 4.69) is 9.97 Å². The first-order valence-electron chi connectivity index (χ1n) is 10.5. The van der Waals surface area contributed by atoms with Crippen molar-refractivity contribution in [1.29, 1.82) is 0 Å². The minimum atomic E-state index is -3.96. The van der Waals surface area contributed by atoms with Gasteiger partial charge in [-0.05, 0) is 43.2 Å². The monoisotopic (exact) mass is 554 g/mol. The second-order valence-electron chi connectivity index (χ2n) is 7.81. The molecule has 1 aromatic carbocycles. The number of fused-ring (bicyclic) bond motifs is 1. The van der Waals surface area contributed by atoms with Crippen molar-refractivity contribution in [3.63, 3.8) is 0 Å². The van der Waals surface area contributed by atoms with Gasteiger partial charge in [0.05, 0.1) is 21.3 Å². The molecule has 0 radical (unpaired) electrons. The normalized spacial score (nSPS) is 16.7. The predicted molar refractivity (Wildman–Crippen MR) is 131 cm³/mol. The van der Waals surface area contributed by atoms with E-state index in [4.69, 9.17) is 11.6 Å². The summed E-state index contributed by atoms with van der Waals surface area (Å²) in [6, 6.07) is 8.99. The minimum Gasteiger partial charge on any atom is -0.281 e. The molecule has 1 aliphatic heterocycles. The number of thiazole rings is 1. The predicted octanol–water partition coefficient (Wildman–Crippen LogP) is 5.07. The van der Waals surface area contributed by atoms with Gasteiger partial charge in [0.15, 0.2) is 10.9 Å². The highest BCUT2D eigenvalue weighted by Crippen LogP contribution is 2.36. The van der Waals surface area contributed by atoms with Gasteiger partial charge in [-0.2, -0.15) is 4.31 Å². The molecule has 182 valence electrons. The van der Waals surface area contributed by atoms with Crippen LogP contribution in [0.1, 0.15) is 18.5 Å². The van der Waals surface area contributed by atoms with Crippen LogP contribution in [0, 0.1) is 11.6 Å². The SMILES string of the molecule is O=C(C1CCCN1S(=O)(=O)c1ccc(Cl)s1)N(Cc1ccccn1)c1nc2c(F)cc(F)cc2s1. The number of nitrogens with zero attached hydrogens (tertiary/aromatic N) is 4. The zero-order valence-corrected chi connectivity index (χ0v) is 21.1. The lowest BCUT2D eigenvalue weighted by molar-refractivity contribution is -0.121. The van der Waals surface area contributed by atoms with Crippen LogP contribution < -0.4 is 4.90 Å². The molecule has 0 bridgehead atoms. The summed E-state index contributed by atoms with van der Waals surface area (Å²) in [7, 11) is -3.96. The molecule has 1 fully saturated rings. The first-order valence-corrected chi connectivity index (χ1v) is 13.9. The molecule has 0 spiro atoms. The number of hydrogen-bond donors (Lipinski definition) is 0. The molecule has 1 unspecified atom stereocenters. The molecule has 3 aromatic heterocycles. The third kappa shape index (κ3) is 4.68. The Morgan fingerprint density at radius 1 is 1.20 bits per heavy atom. The molecule has 35 heavy (non-hydrogen) atoms. The Morgan fingerprint density at radius 2 is 2.03 bits per heavy atom. The summed E-state index contributed by atoms with van der Waals surface area (Å²) in [4.78, 5) is 23.7. The zero-order chi connectivity index (χ0) is 24.7. The molecule has 1 aliphatic rings. The van der Waals surface area contributed by atoms with Gasteiger partial charge in [0.1, 0.15) is 21.6 Å². The first-order chi connectivity index (χ1) is 16.7. The van der Waals surface area contributed by atoms with Crippen LogP contribution in [-0.4, -0.2) is 41.2 Å². The molecule has 5 rings (SSSR count). The van der Waals surface area contributed by atoms with Gasteiger partial charge in [0.25, 0.3) is 10.0 Å². The number of carbonyl (C=O) groups excluding carboxylic acids is 1. The topological polar surface area (TPSA) is 83.5 Å². The molecular weight excluding hydrogens is 538 g/mol. The van der Waals surface area contributed by atoms with E-state index in [0.717, 1.165) is 34.8 Å². The van der Waals surface area contributed by atoms with E-state index in [9.17, 15) is 22.0 Å². The van der Waals surface area contributed by atoms with Crippen LogP contribution in [0.4, 0.5) is 13.9 Å². The second kappa shape index (κ2) is 9.51. The Hall–Kier alpha value is -2.51. The van der Waals surface area contributed by atoms with E-state index in [0.29, 0.717) is 22.9 Å². The lowest BCUT2D eigenvalue weighted by atomic mass is 10.2. The van der Waals surface area contributed by atoms with Crippen molar-refractivity contribution in [3.05, 3.63) is 70.3 Å². The number of rotatable bonds is 6. The van der Waals surface area contributed by atoms with Gasteiger partial charge in [0.2, 0.25) is 5.91 Å². The van der Waals surface area contributed by atoms with Gasteiger partial charge in [0, 0.05) is 18.8 Å². The van der Waals surface area contributed by atoms with Crippen molar-refractivity contribution in [2.24, 2.45) is 0 Å². The summed E-state index contributed by atoms with van der Waals surface area (Å²) < 4.78 is 56.5. The number of sulfonamides is 1. The van der Waals surface area contributed by atoms with Gasteiger partial charge < -0.3 is 0 Å². The Bertz CT molecular complexity index is 1510. The van der Waals surface area contributed by atoms with Crippen LogP contribution >= 0.6 is 34.3 Å². The maximum absolute atomic E-state index is 14.4. The molecule has 4 heterocycles. The van der Waals surface area contributed by atoms with Crippen molar-refractivity contribution in [3.8, 4) is 0 Å². The van der Waals surface area contributed by atoms with Gasteiger partial charge >= 0.3 is 0 Å². The fraction of sp³-hybridized carbons (Fsp3) is 0.227. The van der Waals surface area contributed by atoms with Crippen molar-refractivity contribution in [2.45, 2.75) is 29.6 Å². The van der Waals surface area contributed by atoms with Gasteiger partial charge in [-0.1, -0.05) is 29.0 Å². The fourth-order valence-corrected chi connectivity index (χ4v) is 8.23. The van der Waals surface area contributed by atoms with E-state index in [1.807, 2.05) is 0 Å². The standard InChI is InChI=1S/C22H17ClF2N4O3S3/c23-18-6-7-19(34-18)35(31,32)29-9-3-5-16(29)21(30)28(12-14-4-1-2-8-26-14)22-27-20-15(25)10-13(24)11-17(20)33-22/h1-2,4,6-8,10-11,16H,3,5,9,12H2. The van der Waals surface area contributed by atoms with E-state index >= 15 is 0 Å². The summed E-state index contributed by atoms with van der Waals surface area (Å²) in [5, 5.41) is 0.128. The van der Waals surface area contributed by atoms with E-state index in [-0.39, 0.29) is 32.6 Å². The van der Waals surface area contributed by atoms with Crippen molar-refractivity contribution < 1.29 is 22.0 Å². The van der Waals surface area contributed by atoms with Crippen LogP contribution in [0.2, 0.25) is 4.34 Å². The summed E-state index contributed by atoms with van der Waals surface area (Å²) in [6.07, 6.45) is 2.37. The van der Waals surface area contributed by atoms with Crippen LogP contribution in [0.25, 0.3) is 10.2 Å².